The highest BCUT2D eigenvalue weighted by Crippen LogP contribution is 2.37. The summed E-state index contributed by atoms with van der Waals surface area (Å²) in [6, 6.07) is 14.7. The molecule has 38 heavy (non-hydrogen) atoms. The van der Waals surface area contributed by atoms with Gasteiger partial charge in [0.2, 0.25) is 0 Å². The summed E-state index contributed by atoms with van der Waals surface area (Å²) in [6.07, 6.45) is 9.77. The molecule has 0 amide bonds. The van der Waals surface area contributed by atoms with E-state index in [0.29, 0.717) is 5.70 Å². The molecule has 8 heteroatoms. The highest BCUT2D eigenvalue weighted by molar-refractivity contribution is 6.31. The second-order valence-electron chi connectivity index (χ2n) is 9.87. The van der Waals surface area contributed by atoms with E-state index in [1.54, 1.807) is 18.3 Å². The molecule has 2 aromatic carbocycles. The smallest absolute Gasteiger partial charge is 0.123 e. The van der Waals surface area contributed by atoms with Gasteiger partial charge in [-0.25, -0.2) is 9.37 Å². The van der Waals surface area contributed by atoms with Crippen LogP contribution in [0.4, 0.5) is 4.39 Å². The van der Waals surface area contributed by atoms with Gasteiger partial charge in [0.05, 0.1) is 29.3 Å². The van der Waals surface area contributed by atoms with Gasteiger partial charge in [-0.1, -0.05) is 31.0 Å². The number of nitrogens with two attached hydrogens (primary N) is 1. The fraction of sp³-hybridized carbons (Fsp3) is 0.333. The topological polar surface area (TPSA) is 73.2 Å². The largest absolute Gasteiger partial charge is 0.397 e. The van der Waals surface area contributed by atoms with E-state index in [4.69, 9.17) is 22.3 Å². The summed E-state index contributed by atoms with van der Waals surface area (Å²) in [7, 11) is 0. The number of allylic oxidation sites excluding steroid dienone is 1. The standard InChI is InChI=1S/C30H34ClFN6/c1-3-4-15-34-20(2)35-16-13-26(33)30-29(22-6-9-24(32)10-7-22)36-28-12-11-25(38(28)30)19-37-17-14-21-5-8-23(31)18-27(21)37/h5-10,13-14,16-18,20,25,34H,3-4,11-12,15,19,33H2,1-2H3/b26-13-,35-16?. The first-order valence-electron chi connectivity index (χ1n) is 13.3. The van der Waals surface area contributed by atoms with E-state index in [1.807, 2.05) is 31.2 Å². The average Bonchev–Trinajstić information content (AvgIpc) is 3.59. The number of aromatic nitrogens is 3. The number of unbranched alkanes of at least 4 members (excludes halogenated alkanes) is 1. The van der Waals surface area contributed by atoms with Crippen LogP contribution < -0.4 is 11.1 Å². The van der Waals surface area contributed by atoms with E-state index in [2.05, 4.69) is 38.6 Å². The van der Waals surface area contributed by atoms with Crippen LogP contribution in [0.2, 0.25) is 5.02 Å². The van der Waals surface area contributed by atoms with Gasteiger partial charge in [-0.2, -0.15) is 0 Å². The van der Waals surface area contributed by atoms with Crippen LogP contribution in [0.15, 0.2) is 65.8 Å². The zero-order valence-electron chi connectivity index (χ0n) is 21.9. The number of aliphatic imine (C=N–C) groups is 1. The second kappa shape index (κ2) is 11.5. The lowest BCUT2D eigenvalue weighted by Gasteiger charge is -2.19. The first-order chi connectivity index (χ1) is 18.4. The maximum Gasteiger partial charge on any atom is 0.123 e. The Morgan fingerprint density at radius 3 is 2.87 bits per heavy atom. The zero-order chi connectivity index (χ0) is 26.6. The quantitative estimate of drug-likeness (QED) is 0.179. The summed E-state index contributed by atoms with van der Waals surface area (Å²) in [4.78, 5) is 9.58. The molecule has 0 saturated heterocycles. The number of hydrogen-bond donors (Lipinski definition) is 2. The van der Waals surface area contributed by atoms with Crippen molar-refractivity contribution in [2.24, 2.45) is 10.7 Å². The lowest BCUT2D eigenvalue weighted by atomic mass is 10.1. The number of hydrogen-bond acceptors (Lipinski definition) is 4. The van der Waals surface area contributed by atoms with E-state index in [-0.39, 0.29) is 18.0 Å². The van der Waals surface area contributed by atoms with Crippen LogP contribution in [-0.2, 0) is 13.0 Å². The molecule has 2 atom stereocenters. The van der Waals surface area contributed by atoms with Crippen molar-refractivity contribution in [1.29, 1.82) is 0 Å². The minimum absolute atomic E-state index is 0.0000752. The van der Waals surface area contributed by atoms with Gasteiger partial charge in [0, 0.05) is 41.5 Å². The molecule has 6 nitrogen and oxygen atoms in total. The summed E-state index contributed by atoms with van der Waals surface area (Å²) in [5.41, 5.74) is 10.9. The first kappa shape index (κ1) is 26.2. The molecule has 0 bridgehead atoms. The molecule has 3 N–H and O–H groups in total. The van der Waals surface area contributed by atoms with Crippen molar-refractivity contribution in [2.75, 3.05) is 6.54 Å². The number of fused-ring (bicyclic) bond motifs is 2. The molecule has 1 aliphatic rings. The van der Waals surface area contributed by atoms with Crippen molar-refractivity contribution in [2.45, 2.75) is 58.3 Å². The monoisotopic (exact) mass is 532 g/mol. The molecule has 3 heterocycles. The van der Waals surface area contributed by atoms with Gasteiger partial charge in [-0.05, 0) is 80.2 Å². The summed E-state index contributed by atoms with van der Waals surface area (Å²) in [5.74, 6) is 0.708. The average molecular weight is 533 g/mol. The van der Waals surface area contributed by atoms with E-state index in [1.165, 1.54) is 12.1 Å². The number of nitrogens with zero attached hydrogens (tertiary/aromatic N) is 4. The zero-order valence-corrected chi connectivity index (χ0v) is 22.6. The van der Waals surface area contributed by atoms with Crippen molar-refractivity contribution < 1.29 is 4.39 Å². The molecule has 0 radical (unpaired) electrons. The van der Waals surface area contributed by atoms with Crippen molar-refractivity contribution in [3.63, 3.8) is 0 Å². The van der Waals surface area contributed by atoms with Gasteiger partial charge >= 0.3 is 0 Å². The highest BCUT2D eigenvalue weighted by Gasteiger charge is 2.30. The molecule has 0 spiro atoms. The van der Waals surface area contributed by atoms with Crippen molar-refractivity contribution in [3.8, 4) is 11.3 Å². The molecule has 1 aliphatic heterocycles. The maximum absolute atomic E-state index is 13.7. The lowest BCUT2D eigenvalue weighted by Crippen LogP contribution is -2.25. The van der Waals surface area contributed by atoms with Crippen molar-refractivity contribution >= 4 is 34.4 Å². The van der Waals surface area contributed by atoms with Crippen LogP contribution in [0.25, 0.3) is 27.9 Å². The molecule has 4 aromatic rings. The lowest BCUT2D eigenvalue weighted by molar-refractivity contribution is 0.454. The van der Waals surface area contributed by atoms with Gasteiger partial charge < -0.3 is 14.9 Å². The number of aryl methyl sites for hydroxylation is 1. The number of imidazole rings is 1. The Morgan fingerprint density at radius 2 is 2.08 bits per heavy atom. The van der Waals surface area contributed by atoms with Crippen LogP contribution in [0, 0.1) is 5.82 Å². The SMILES string of the molecule is CCCCNC(C)N=C/C=C(\N)c1c(-c2ccc(F)cc2)nc2n1C(Cn1ccc3ccc(Cl)cc31)CC2. The Hall–Kier alpha value is -3.42. The maximum atomic E-state index is 13.7. The Kier molecular flexibility index (Phi) is 7.95. The number of rotatable bonds is 10. The summed E-state index contributed by atoms with van der Waals surface area (Å²) < 4.78 is 18.2. The molecule has 0 aliphatic carbocycles. The molecule has 0 saturated carbocycles. The van der Waals surface area contributed by atoms with Crippen LogP contribution in [0.3, 0.4) is 0 Å². The third kappa shape index (κ3) is 5.54. The number of halogens is 2. The van der Waals surface area contributed by atoms with Gasteiger partial charge in [-0.15, -0.1) is 0 Å². The van der Waals surface area contributed by atoms with E-state index in [0.717, 1.165) is 77.5 Å². The normalized spacial score (nSPS) is 16.5. The Labute approximate surface area is 228 Å². The third-order valence-electron chi connectivity index (χ3n) is 7.12. The van der Waals surface area contributed by atoms with E-state index < -0.39 is 0 Å². The summed E-state index contributed by atoms with van der Waals surface area (Å²) in [6.45, 7) is 5.89. The van der Waals surface area contributed by atoms with Crippen LogP contribution in [-0.4, -0.2) is 33.0 Å². The van der Waals surface area contributed by atoms with E-state index >= 15 is 0 Å². The molecule has 2 aromatic heterocycles. The summed E-state index contributed by atoms with van der Waals surface area (Å²) in [5, 5.41) is 5.27. The van der Waals surface area contributed by atoms with Gasteiger partial charge in [0.1, 0.15) is 11.6 Å². The third-order valence-corrected chi connectivity index (χ3v) is 7.35. The summed E-state index contributed by atoms with van der Waals surface area (Å²) >= 11 is 6.30. The number of nitrogens with one attached hydrogen (secondary N) is 1. The van der Waals surface area contributed by atoms with Crippen LogP contribution >= 0.6 is 11.6 Å². The van der Waals surface area contributed by atoms with Crippen molar-refractivity contribution in [1.82, 2.24) is 19.4 Å². The number of benzene rings is 2. The highest BCUT2D eigenvalue weighted by atomic mass is 35.5. The predicted octanol–water partition coefficient (Wildman–Crippen LogP) is 6.59. The fourth-order valence-electron chi connectivity index (χ4n) is 5.15. The fourth-order valence-corrected chi connectivity index (χ4v) is 5.31. The molecule has 5 rings (SSSR count). The molecular formula is C30H34ClFN6. The second-order valence-corrected chi connectivity index (χ2v) is 10.3. The van der Waals surface area contributed by atoms with E-state index in [9.17, 15) is 4.39 Å². The molecule has 198 valence electrons. The van der Waals surface area contributed by atoms with Gasteiger partial charge in [0.15, 0.2) is 0 Å². The molecule has 2 unspecified atom stereocenters. The predicted molar refractivity (Wildman–Crippen MR) is 155 cm³/mol. The Morgan fingerprint density at radius 1 is 1.26 bits per heavy atom. The Balaban J connectivity index is 1.50. The molecular weight excluding hydrogens is 499 g/mol. The Bertz CT molecular complexity index is 1470. The minimum atomic E-state index is -0.279. The van der Waals surface area contributed by atoms with Gasteiger partial charge in [0.25, 0.3) is 0 Å². The van der Waals surface area contributed by atoms with Crippen LogP contribution in [0.5, 0.6) is 0 Å². The first-order valence-corrected chi connectivity index (χ1v) is 13.7. The molecule has 0 fully saturated rings. The van der Waals surface area contributed by atoms with Gasteiger partial charge in [-0.3, -0.25) is 10.3 Å². The van der Waals surface area contributed by atoms with Crippen LogP contribution in [0.1, 0.15) is 50.7 Å². The minimum Gasteiger partial charge on any atom is -0.397 e. The van der Waals surface area contributed by atoms with Crippen molar-refractivity contribution in [3.05, 3.63) is 83.2 Å².